The maximum absolute atomic E-state index is 12.9. The van der Waals surface area contributed by atoms with Crippen molar-refractivity contribution in [3.8, 4) is 0 Å². The standard InChI is InChI=1S/C19H16ClNO3S/c20-13-8-9-17-15(10-13)21(14-6-1-2-7-16(14)25-17)18(22)11-24-19(23)12-4-3-5-12/h1-2,6-10,12H,3-5,11H2. The van der Waals surface area contributed by atoms with Crippen molar-refractivity contribution in [2.24, 2.45) is 5.92 Å². The van der Waals surface area contributed by atoms with Gasteiger partial charge in [-0.15, -0.1) is 0 Å². The van der Waals surface area contributed by atoms with E-state index in [1.165, 1.54) is 0 Å². The van der Waals surface area contributed by atoms with Crippen molar-refractivity contribution in [2.75, 3.05) is 11.5 Å². The number of carbonyl (C=O) groups excluding carboxylic acids is 2. The van der Waals surface area contributed by atoms with Gasteiger partial charge in [-0.2, -0.15) is 0 Å². The number of nitrogens with zero attached hydrogens (tertiary/aromatic N) is 1. The number of amides is 1. The topological polar surface area (TPSA) is 46.6 Å². The lowest BCUT2D eigenvalue weighted by molar-refractivity contribution is -0.154. The van der Waals surface area contributed by atoms with Gasteiger partial charge in [0.05, 0.1) is 17.3 Å². The second-order valence-corrected chi connectivity index (χ2v) is 7.67. The van der Waals surface area contributed by atoms with E-state index >= 15 is 0 Å². The largest absolute Gasteiger partial charge is 0.455 e. The summed E-state index contributed by atoms with van der Waals surface area (Å²) in [6.07, 6.45) is 2.76. The highest BCUT2D eigenvalue weighted by molar-refractivity contribution is 7.99. The number of carbonyl (C=O) groups is 2. The molecule has 1 amide bonds. The molecule has 1 saturated carbocycles. The molecule has 0 unspecified atom stereocenters. The lowest BCUT2D eigenvalue weighted by Crippen LogP contribution is -2.34. The highest BCUT2D eigenvalue weighted by atomic mass is 35.5. The van der Waals surface area contributed by atoms with Crippen molar-refractivity contribution in [3.05, 3.63) is 47.5 Å². The van der Waals surface area contributed by atoms with E-state index in [0.717, 1.165) is 40.4 Å². The molecular formula is C19H16ClNO3S. The van der Waals surface area contributed by atoms with E-state index < -0.39 is 0 Å². The van der Waals surface area contributed by atoms with Gasteiger partial charge >= 0.3 is 5.97 Å². The maximum atomic E-state index is 12.9. The zero-order valence-corrected chi connectivity index (χ0v) is 15.0. The highest BCUT2D eigenvalue weighted by Crippen LogP contribution is 2.48. The quantitative estimate of drug-likeness (QED) is 0.724. The predicted molar refractivity (Wildman–Crippen MR) is 97.5 cm³/mol. The molecule has 25 heavy (non-hydrogen) atoms. The lowest BCUT2D eigenvalue weighted by atomic mass is 9.86. The molecular weight excluding hydrogens is 358 g/mol. The molecule has 0 aromatic heterocycles. The van der Waals surface area contributed by atoms with Crippen LogP contribution in [0.1, 0.15) is 19.3 Å². The molecule has 4 nitrogen and oxygen atoms in total. The molecule has 0 spiro atoms. The molecule has 0 N–H and O–H groups in total. The number of anilines is 2. The lowest BCUT2D eigenvalue weighted by Gasteiger charge is -2.31. The number of fused-ring (bicyclic) bond motifs is 2. The normalized spacial score (nSPS) is 15.8. The monoisotopic (exact) mass is 373 g/mol. The van der Waals surface area contributed by atoms with Crippen molar-refractivity contribution < 1.29 is 14.3 Å². The summed E-state index contributed by atoms with van der Waals surface area (Å²) in [5, 5.41) is 0.558. The first-order valence-corrected chi connectivity index (χ1v) is 9.39. The van der Waals surface area contributed by atoms with Crippen LogP contribution in [0.3, 0.4) is 0 Å². The first kappa shape index (κ1) is 16.5. The summed E-state index contributed by atoms with van der Waals surface area (Å²) in [5.74, 6) is -0.590. The first-order valence-electron chi connectivity index (χ1n) is 8.19. The zero-order valence-electron chi connectivity index (χ0n) is 13.4. The number of ether oxygens (including phenoxy) is 1. The van der Waals surface area contributed by atoms with Gasteiger partial charge in [0.25, 0.3) is 5.91 Å². The van der Waals surface area contributed by atoms with Crippen LogP contribution >= 0.6 is 23.4 Å². The summed E-state index contributed by atoms with van der Waals surface area (Å²) >= 11 is 7.73. The second kappa shape index (κ2) is 6.73. The third-order valence-corrected chi connectivity index (χ3v) is 5.88. The van der Waals surface area contributed by atoms with Gasteiger partial charge < -0.3 is 4.74 Å². The van der Waals surface area contributed by atoms with Crippen LogP contribution in [0.5, 0.6) is 0 Å². The molecule has 2 aromatic carbocycles. The molecule has 0 bridgehead atoms. The molecule has 0 atom stereocenters. The fraction of sp³-hybridized carbons (Fsp3) is 0.263. The summed E-state index contributed by atoms with van der Waals surface area (Å²) in [5.41, 5.74) is 1.51. The Kier molecular flexibility index (Phi) is 4.44. The van der Waals surface area contributed by atoms with Gasteiger partial charge in [-0.3, -0.25) is 14.5 Å². The molecule has 128 valence electrons. The van der Waals surface area contributed by atoms with Crippen LogP contribution in [-0.4, -0.2) is 18.5 Å². The molecule has 4 rings (SSSR count). The first-order chi connectivity index (χ1) is 12.1. The smallest absolute Gasteiger partial charge is 0.309 e. The molecule has 6 heteroatoms. The minimum Gasteiger partial charge on any atom is -0.455 e. The number of esters is 1. The van der Waals surface area contributed by atoms with E-state index in [9.17, 15) is 9.59 Å². The van der Waals surface area contributed by atoms with Gasteiger partial charge in [-0.25, -0.2) is 0 Å². The molecule has 0 radical (unpaired) electrons. The van der Waals surface area contributed by atoms with E-state index in [2.05, 4.69) is 0 Å². The van der Waals surface area contributed by atoms with Crippen LogP contribution in [0.15, 0.2) is 52.3 Å². The van der Waals surface area contributed by atoms with Crippen LogP contribution in [0.2, 0.25) is 5.02 Å². The van der Waals surface area contributed by atoms with Crippen molar-refractivity contribution >= 4 is 46.6 Å². The Bertz CT molecular complexity index is 850. The van der Waals surface area contributed by atoms with Crippen molar-refractivity contribution in [1.82, 2.24) is 0 Å². The average molecular weight is 374 g/mol. The molecule has 2 aliphatic rings. The van der Waals surface area contributed by atoms with Gasteiger partial charge in [-0.05, 0) is 43.2 Å². The van der Waals surface area contributed by atoms with Crippen molar-refractivity contribution in [2.45, 2.75) is 29.1 Å². The van der Waals surface area contributed by atoms with Gasteiger partial charge in [0.2, 0.25) is 0 Å². The minimum absolute atomic E-state index is 0.0428. The third kappa shape index (κ3) is 3.14. The van der Waals surface area contributed by atoms with Crippen LogP contribution < -0.4 is 4.90 Å². The summed E-state index contributed by atoms with van der Waals surface area (Å²) in [6, 6.07) is 13.2. The zero-order chi connectivity index (χ0) is 17.4. The fourth-order valence-corrected chi connectivity index (χ4v) is 4.16. The summed E-state index contributed by atoms with van der Waals surface area (Å²) in [7, 11) is 0. The Balaban J connectivity index is 1.62. The molecule has 2 aromatic rings. The van der Waals surface area contributed by atoms with Gasteiger partial charge in [-0.1, -0.05) is 41.9 Å². The second-order valence-electron chi connectivity index (χ2n) is 6.15. The van der Waals surface area contributed by atoms with Crippen molar-refractivity contribution in [3.63, 3.8) is 0 Å². The number of hydrogen-bond acceptors (Lipinski definition) is 4. The van der Waals surface area contributed by atoms with Crippen molar-refractivity contribution in [1.29, 1.82) is 0 Å². The Morgan fingerprint density at radius 1 is 1.12 bits per heavy atom. The van der Waals surface area contributed by atoms with Crippen LogP contribution in [-0.2, 0) is 14.3 Å². The molecule has 0 saturated heterocycles. The van der Waals surface area contributed by atoms with Gasteiger partial charge in [0, 0.05) is 14.8 Å². The Morgan fingerprint density at radius 2 is 1.88 bits per heavy atom. The Morgan fingerprint density at radius 3 is 2.64 bits per heavy atom. The van der Waals surface area contributed by atoms with E-state index in [4.69, 9.17) is 16.3 Å². The summed E-state index contributed by atoms with van der Waals surface area (Å²) in [6.45, 7) is -0.264. The number of benzene rings is 2. The highest BCUT2D eigenvalue weighted by Gasteiger charge is 2.31. The van der Waals surface area contributed by atoms with E-state index in [1.54, 1.807) is 28.8 Å². The van der Waals surface area contributed by atoms with Crippen LogP contribution in [0, 0.1) is 5.92 Å². The maximum Gasteiger partial charge on any atom is 0.309 e. The van der Waals surface area contributed by atoms with E-state index in [-0.39, 0.29) is 24.4 Å². The minimum atomic E-state index is -0.274. The fourth-order valence-electron chi connectivity index (χ4n) is 2.96. The van der Waals surface area contributed by atoms with E-state index in [0.29, 0.717) is 5.02 Å². The SMILES string of the molecule is O=C(OCC(=O)N1c2ccccc2Sc2ccc(Cl)cc21)C1CCC1. The average Bonchev–Trinajstić information content (AvgIpc) is 2.56. The van der Waals surface area contributed by atoms with Crippen LogP contribution in [0.25, 0.3) is 0 Å². The van der Waals surface area contributed by atoms with Crippen LogP contribution in [0.4, 0.5) is 11.4 Å². The number of para-hydroxylation sites is 1. The number of halogens is 1. The third-order valence-electron chi connectivity index (χ3n) is 4.51. The molecule has 1 aliphatic carbocycles. The predicted octanol–water partition coefficient (Wildman–Crippen LogP) is 4.81. The summed E-state index contributed by atoms with van der Waals surface area (Å²) in [4.78, 5) is 28.3. The molecule has 1 fully saturated rings. The molecule has 1 aliphatic heterocycles. The Labute approximate surface area is 155 Å². The molecule has 1 heterocycles. The van der Waals surface area contributed by atoms with Gasteiger partial charge in [0.15, 0.2) is 6.61 Å². The summed E-state index contributed by atoms with van der Waals surface area (Å²) < 4.78 is 5.25. The number of rotatable bonds is 3. The Hall–Kier alpha value is -1.98. The van der Waals surface area contributed by atoms with E-state index in [1.807, 2.05) is 30.3 Å². The van der Waals surface area contributed by atoms with Gasteiger partial charge in [0.1, 0.15) is 0 Å². The number of hydrogen-bond donors (Lipinski definition) is 0.